The van der Waals surface area contributed by atoms with E-state index in [1.54, 1.807) is 13.2 Å². The molecule has 1 aliphatic carbocycles. The molecule has 0 unspecified atom stereocenters. The van der Waals surface area contributed by atoms with E-state index in [9.17, 15) is 9.59 Å². The van der Waals surface area contributed by atoms with Gasteiger partial charge in [0.2, 0.25) is 0 Å². The summed E-state index contributed by atoms with van der Waals surface area (Å²) in [5.41, 5.74) is 3.47. The van der Waals surface area contributed by atoms with Gasteiger partial charge < -0.3 is 5.32 Å². The molecular weight excluding hydrogens is 366 g/mol. The van der Waals surface area contributed by atoms with Crippen LogP contribution >= 0.6 is 0 Å². The number of nitrogens with zero attached hydrogens (tertiary/aromatic N) is 3. The molecule has 29 heavy (non-hydrogen) atoms. The molecule has 2 aromatic heterocycles. The van der Waals surface area contributed by atoms with Crippen LogP contribution in [0.4, 0.5) is 0 Å². The van der Waals surface area contributed by atoms with Crippen LogP contribution in [-0.2, 0) is 7.05 Å². The number of aromatic nitrogens is 3. The monoisotopic (exact) mass is 393 g/mol. The minimum Gasteiger partial charge on any atom is -0.351 e. The minimum atomic E-state index is -0.195. The van der Waals surface area contributed by atoms with Crippen LogP contribution in [0.1, 0.15) is 37.0 Å². The van der Waals surface area contributed by atoms with E-state index in [0.717, 1.165) is 23.2 Å². The molecule has 1 fully saturated rings. The Kier molecular flexibility index (Phi) is 5.24. The lowest BCUT2D eigenvalue weighted by Gasteiger charge is -2.26. The van der Waals surface area contributed by atoms with Gasteiger partial charge in [0, 0.05) is 49.5 Å². The van der Waals surface area contributed by atoms with Gasteiger partial charge in [0.1, 0.15) is 0 Å². The van der Waals surface area contributed by atoms with Crippen LogP contribution in [-0.4, -0.2) is 50.5 Å². The largest absolute Gasteiger partial charge is 0.351 e. The van der Waals surface area contributed by atoms with Crippen LogP contribution in [0.2, 0.25) is 0 Å². The smallest absolute Gasteiger partial charge is 0.327 e. The number of nitrogens with one attached hydrogen (secondary N) is 2. The van der Waals surface area contributed by atoms with Crippen LogP contribution < -0.4 is 11.0 Å². The Hall–Kier alpha value is -2.93. The first-order valence-corrected chi connectivity index (χ1v) is 10.1. The van der Waals surface area contributed by atoms with Crippen molar-refractivity contribution in [3.8, 4) is 11.1 Å². The summed E-state index contributed by atoms with van der Waals surface area (Å²) in [7, 11) is 1.71. The zero-order chi connectivity index (χ0) is 20.5. The van der Waals surface area contributed by atoms with Gasteiger partial charge in [-0.1, -0.05) is 12.1 Å². The Bertz CT molecular complexity index is 1090. The van der Waals surface area contributed by atoms with Gasteiger partial charge in [-0.3, -0.25) is 19.2 Å². The van der Waals surface area contributed by atoms with Gasteiger partial charge in [0.05, 0.1) is 5.52 Å². The van der Waals surface area contributed by atoms with E-state index in [2.05, 4.69) is 34.0 Å². The van der Waals surface area contributed by atoms with E-state index in [4.69, 9.17) is 0 Å². The third-order valence-electron chi connectivity index (χ3n) is 5.55. The van der Waals surface area contributed by atoms with Crippen LogP contribution in [0.5, 0.6) is 0 Å². The topological polar surface area (TPSA) is 83.0 Å². The van der Waals surface area contributed by atoms with E-state index >= 15 is 0 Å². The normalized spacial score (nSPS) is 14.1. The van der Waals surface area contributed by atoms with Crippen LogP contribution in [0.3, 0.4) is 0 Å². The summed E-state index contributed by atoms with van der Waals surface area (Å²) in [6, 6.07) is 10.6. The average molecular weight is 393 g/mol. The van der Waals surface area contributed by atoms with Crippen molar-refractivity contribution in [1.82, 2.24) is 24.8 Å². The maximum Gasteiger partial charge on any atom is 0.327 e. The molecule has 0 aliphatic heterocycles. The summed E-state index contributed by atoms with van der Waals surface area (Å²) >= 11 is 0. The molecule has 2 heterocycles. The number of hydrogen-bond acceptors (Lipinski definition) is 4. The number of imidazole rings is 1. The molecular formula is C22H27N5O2. The van der Waals surface area contributed by atoms with Gasteiger partial charge in [-0.2, -0.15) is 0 Å². The maximum absolute atomic E-state index is 12.6. The molecule has 7 nitrogen and oxygen atoms in total. The SMILES string of the molecule is CC(C)N(CCNC(=O)c1cccc(-c2cnc3[nH]c(=O)n(C)c3c2)c1)C1CC1. The first-order valence-electron chi connectivity index (χ1n) is 10.1. The Morgan fingerprint density at radius 3 is 2.83 bits per heavy atom. The van der Waals surface area contributed by atoms with Crippen molar-refractivity contribution >= 4 is 17.1 Å². The van der Waals surface area contributed by atoms with Gasteiger partial charge in [0.25, 0.3) is 5.91 Å². The highest BCUT2D eigenvalue weighted by molar-refractivity contribution is 5.95. The summed E-state index contributed by atoms with van der Waals surface area (Å²) in [6.07, 6.45) is 4.24. The first kappa shape index (κ1) is 19.4. The van der Waals surface area contributed by atoms with Crippen LogP contribution in [0, 0.1) is 0 Å². The van der Waals surface area contributed by atoms with Crippen molar-refractivity contribution in [3.05, 3.63) is 52.6 Å². The van der Waals surface area contributed by atoms with Gasteiger partial charge in [0.15, 0.2) is 5.65 Å². The van der Waals surface area contributed by atoms with Crippen molar-refractivity contribution in [2.75, 3.05) is 13.1 Å². The molecule has 0 spiro atoms. The third-order valence-corrected chi connectivity index (χ3v) is 5.55. The lowest BCUT2D eigenvalue weighted by molar-refractivity contribution is 0.0944. The zero-order valence-corrected chi connectivity index (χ0v) is 17.1. The molecule has 152 valence electrons. The van der Waals surface area contributed by atoms with Crippen molar-refractivity contribution in [2.24, 2.45) is 7.05 Å². The Balaban J connectivity index is 1.47. The number of aromatic amines is 1. The highest BCUT2D eigenvalue weighted by atomic mass is 16.2. The van der Waals surface area contributed by atoms with E-state index in [1.165, 1.54) is 17.4 Å². The summed E-state index contributed by atoms with van der Waals surface area (Å²) in [6.45, 7) is 5.91. The third kappa shape index (κ3) is 4.10. The van der Waals surface area contributed by atoms with Gasteiger partial charge >= 0.3 is 5.69 Å². The molecule has 0 radical (unpaired) electrons. The van der Waals surface area contributed by atoms with Gasteiger partial charge in [-0.05, 0) is 50.5 Å². The minimum absolute atomic E-state index is 0.0746. The average Bonchev–Trinajstić information content (AvgIpc) is 3.51. The summed E-state index contributed by atoms with van der Waals surface area (Å²) in [5.74, 6) is -0.0746. The molecule has 1 saturated carbocycles. The molecule has 0 atom stereocenters. The number of pyridine rings is 1. The fraction of sp³-hybridized carbons (Fsp3) is 0.409. The lowest BCUT2D eigenvalue weighted by atomic mass is 10.0. The number of benzene rings is 1. The number of carbonyl (C=O) groups is 1. The van der Waals surface area contributed by atoms with E-state index in [0.29, 0.717) is 29.8 Å². The highest BCUT2D eigenvalue weighted by Gasteiger charge is 2.30. The molecule has 3 aromatic rings. The molecule has 1 aromatic carbocycles. The number of H-pyrrole nitrogens is 1. The Morgan fingerprint density at radius 2 is 2.10 bits per heavy atom. The lowest BCUT2D eigenvalue weighted by Crippen LogP contribution is -2.40. The number of amides is 1. The van der Waals surface area contributed by atoms with E-state index in [1.807, 2.05) is 30.3 Å². The van der Waals surface area contributed by atoms with Gasteiger partial charge in [-0.25, -0.2) is 9.78 Å². The van der Waals surface area contributed by atoms with E-state index < -0.39 is 0 Å². The van der Waals surface area contributed by atoms with Crippen molar-refractivity contribution < 1.29 is 4.79 Å². The number of fused-ring (bicyclic) bond motifs is 1. The fourth-order valence-corrected chi connectivity index (χ4v) is 3.77. The zero-order valence-electron chi connectivity index (χ0n) is 17.1. The summed E-state index contributed by atoms with van der Waals surface area (Å²) < 4.78 is 1.53. The molecule has 7 heteroatoms. The Morgan fingerprint density at radius 1 is 1.31 bits per heavy atom. The quantitative estimate of drug-likeness (QED) is 0.646. The fourth-order valence-electron chi connectivity index (χ4n) is 3.77. The molecule has 0 bridgehead atoms. The predicted octanol–water partition coefficient (Wildman–Crippen LogP) is 2.53. The first-order chi connectivity index (χ1) is 13.9. The predicted molar refractivity (Wildman–Crippen MR) is 114 cm³/mol. The second-order valence-electron chi connectivity index (χ2n) is 7.98. The number of rotatable bonds is 7. The molecule has 4 rings (SSSR count). The maximum atomic E-state index is 12.6. The van der Waals surface area contributed by atoms with Crippen molar-refractivity contribution in [1.29, 1.82) is 0 Å². The summed E-state index contributed by atoms with van der Waals surface area (Å²) in [5, 5.41) is 3.04. The van der Waals surface area contributed by atoms with E-state index in [-0.39, 0.29) is 11.6 Å². The molecule has 0 saturated heterocycles. The van der Waals surface area contributed by atoms with Crippen LogP contribution in [0.25, 0.3) is 22.3 Å². The number of hydrogen-bond donors (Lipinski definition) is 2. The van der Waals surface area contributed by atoms with Crippen molar-refractivity contribution in [3.63, 3.8) is 0 Å². The van der Waals surface area contributed by atoms with Gasteiger partial charge in [-0.15, -0.1) is 0 Å². The standard InChI is InChI=1S/C22H27N5O2/c1-14(2)27(18-7-8-18)10-9-23-21(28)16-6-4-5-15(11-16)17-12-19-20(24-13-17)25-22(29)26(19)3/h4-6,11-14,18H,7-10H2,1-3H3,(H,23,28)(H,24,25,29). The van der Waals surface area contributed by atoms with Crippen molar-refractivity contribution in [2.45, 2.75) is 38.8 Å². The molecule has 2 N–H and O–H groups in total. The highest BCUT2D eigenvalue weighted by Crippen LogP contribution is 2.28. The molecule has 1 aliphatic rings. The second-order valence-corrected chi connectivity index (χ2v) is 7.98. The molecule has 1 amide bonds. The number of aryl methyl sites for hydroxylation is 1. The Labute approximate surface area is 169 Å². The number of carbonyl (C=O) groups excluding carboxylic acids is 1. The summed E-state index contributed by atoms with van der Waals surface area (Å²) in [4.78, 5) is 33.9. The van der Waals surface area contributed by atoms with Crippen LogP contribution in [0.15, 0.2) is 41.3 Å². The second kappa shape index (κ2) is 7.83.